The molecule has 1 unspecified atom stereocenters. The maximum atomic E-state index is 13.0. The molecule has 7 heteroatoms. The molecular formula is C19H27N3O4. The molecule has 0 saturated carbocycles. The van der Waals surface area contributed by atoms with E-state index in [1.165, 1.54) is 4.90 Å². The Morgan fingerprint density at radius 3 is 2.62 bits per heavy atom. The Kier molecular flexibility index (Phi) is 9.05. The van der Waals surface area contributed by atoms with Crippen molar-refractivity contribution in [2.45, 2.75) is 45.6 Å². The van der Waals surface area contributed by atoms with Gasteiger partial charge in [0.1, 0.15) is 0 Å². The summed E-state index contributed by atoms with van der Waals surface area (Å²) in [4.78, 5) is 47.6. The Bertz CT molecular complexity index is 646. The Hall–Kier alpha value is -2.70. The molecule has 0 spiro atoms. The monoisotopic (exact) mass is 361 g/mol. The molecule has 0 fully saturated rings. The standard InChI is InChI=1S/C19H27N3O4/c1-4-5-11-20-16-8-6-7-15(12-23)18(16)19(26)22(3)14(2)9-10-17(25)21-13-24/h6-8,12-14,20H,4-5,9-11H2,1-3H3,(H,21,24,25). The van der Waals surface area contributed by atoms with Crippen molar-refractivity contribution in [3.8, 4) is 0 Å². The summed E-state index contributed by atoms with van der Waals surface area (Å²) < 4.78 is 0. The molecule has 0 radical (unpaired) electrons. The van der Waals surface area contributed by atoms with E-state index >= 15 is 0 Å². The Morgan fingerprint density at radius 1 is 1.27 bits per heavy atom. The van der Waals surface area contributed by atoms with E-state index in [9.17, 15) is 19.2 Å². The van der Waals surface area contributed by atoms with E-state index in [1.54, 1.807) is 25.2 Å². The van der Waals surface area contributed by atoms with Crippen LogP contribution in [0.3, 0.4) is 0 Å². The minimum atomic E-state index is -0.386. The summed E-state index contributed by atoms with van der Waals surface area (Å²) in [6.45, 7) is 4.61. The third-order valence-corrected chi connectivity index (χ3v) is 4.27. The van der Waals surface area contributed by atoms with Crippen LogP contribution in [0.4, 0.5) is 5.69 Å². The molecule has 0 aromatic heterocycles. The molecular weight excluding hydrogens is 334 g/mol. The summed E-state index contributed by atoms with van der Waals surface area (Å²) in [6.07, 6.45) is 3.53. The molecule has 2 N–H and O–H groups in total. The SMILES string of the molecule is CCCCNc1cccc(C=O)c1C(=O)N(C)C(C)CCC(=O)NC=O. The molecule has 26 heavy (non-hydrogen) atoms. The molecule has 0 aliphatic carbocycles. The van der Waals surface area contributed by atoms with Gasteiger partial charge in [-0.25, -0.2) is 0 Å². The van der Waals surface area contributed by atoms with Gasteiger partial charge < -0.3 is 10.2 Å². The van der Waals surface area contributed by atoms with E-state index in [4.69, 9.17) is 0 Å². The summed E-state index contributed by atoms with van der Waals surface area (Å²) in [5.41, 5.74) is 1.30. The van der Waals surface area contributed by atoms with Crippen LogP contribution in [0.2, 0.25) is 0 Å². The van der Waals surface area contributed by atoms with E-state index in [2.05, 4.69) is 17.6 Å². The lowest BCUT2D eigenvalue weighted by Gasteiger charge is -2.26. The molecule has 3 amide bonds. The fourth-order valence-electron chi connectivity index (χ4n) is 2.50. The highest BCUT2D eigenvalue weighted by Gasteiger charge is 2.23. The topological polar surface area (TPSA) is 95.6 Å². The summed E-state index contributed by atoms with van der Waals surface area (Å²) in [7, 11) is 1.64. The molecule has 0 aliphatic heterocycles. The first kappa shape index (κ1) is 21.3. The second kappa shape index (κ2) is 11.0. The molecule has 142 valence electrons. The second-order valence-electron chi connectivity index (χ2n) is 6.16. The van der Waals surface area contributed by atoms with Crippen molar-refractivity contribution in [3.05, 3.63) is 29.3 Å². The number of anilines is 1. The lowest BCUT2D eigenvalue weighted by Crippen LogP contribution is -2.37. The van der Waals surface area contributed by atoms with Gasteiger partial charge in [-0.2, -0.15) is 0 Å². The van der Waals surface area contributed by atoms with Crippen molar-refractivity contribution in [3.63, 3.8) is 0 Å². The van der Waals surface area contributed by atoms with Crippen LogP contribution >= 0.6 is 0 Å². The third kappa shape index (κ3) is 5.98. The van der Waals surface area contributed by atoms with Gasteiger partial charge in [-0.05, 0) is 25.8 Å². The minimum Gasteiger partial charge on any atom is -0.384 e. The zero-order chi connectivity index (χ0) is 19.5. The number of carbonyl (C=O) groups is 4. The molecule has 0 heterocycles. The van der Waals surface area contributed by atoms with Crippen LogP contribution in [0.1, 0.15) is 60.2 Å². The van der Waals surface area contributed by atoms with E-state index < -0.39 is 0 Å². The normalized spacial score (nSPS) is 11.3. The number of rotatable bonds is 11. The average Bonchev–Trinajstić information content (AvgIpc) is 2.65. The molecule has 1 rings (SSSR count). The van der Waals surface area contributed by atoms with Gasteiger partial charge in [0.2, 0.25) is 12.3 Å². The number of benzene rings is 1. The summed E-state index contributed by atoms with van der Waals surface area (Å²) in [6, 6.07) is 4.90. The van der Waals surface area contributed by atoms with Crippen LogP contribution in [0, 0.1) is 0 Å². The second-order valence-corrected chi connectivity index (χ2v) is 6.16. The number of hydrogen-bond donors (Lipinski definition) is 2. The number of aldehydes is 1. The van der Waals surface area contributed by atoms with E-state index in [1.807, 2.05) is 6.92 Å². The first-order chi connectivity index (χ1) is 12.5. The van der Waals surface area contributed by atoms with Gasteiger partial charge >= 0.3 is 0 Å². The quantitative estimate of drug-likeness (QED) is 0.465. The molecule has 0 aliphatic rings. The zero-order valence-electron chi connectivity index (χ0n) is 15.6. The fraction of sp³-hybridized carbons (Fsp3) is 0.474. The average molecular weight is 361 g/mol. The number of amides is 3. The van der Waals surface area contributed by atoms with Crippen molar-refractivity contribution in [1.29, 1.82) is 0 Å². The molecule has 1 aromatic carbocycles. The smallest absolute Gasteiger partial charge is 0.256 e. The lowest BCUT2D eigenvalue weighted by molar-refractivity contribution is -0.125. The van der Waals surface area contributed by atoms with Crippen molar-refractivity contribution in [1.82, 2.24) is 10.2 Å². The van der Waals surface area contributed by atoms with Crippen LogP contribution in [0.15, 0.2) is 18.2 Å². The van der Waals surface area contributed by atoms with Gasteiger partial charge in [0.05, 0.1) is 5.56 Å². The van der Waals surface area contributed by atoms with Gasteiger partial charge in [-0.3, -0.25) is 24.5 Å². The van der Waals surface area contributed by atoms with Gasteiger partial charge in [-0.1, -0.05) is 25.5 Å². The van der Waals surface area contributed by atoms with Gasteiger partial charge in [0.25, 0.3) is 5.91 Å². The molecule has 0 saturated heterocycles. The Balaban J connectivity index is 2.93. The highest BCUT2D eigenvalue weighted by Crippen LogP contribution is 2.22. The maximum absolute atomic E-state index is 13.0. The zero-order valence-corrected chi connectivity index (χ0v) is 15.6. The maximum Gasteiger partial charge on any atom is 0.256 e. The number of hydrogen-bond acceptors (Lipinski definition) is 5. The highest BCUT2D eigenvalue weighted by atomic mass is 16.2. The van der Waals surface area contributed by atoms with E-state index in [0.717, 1.165) is 12.8 Å². The van der Waals surface area contributed by atoms with E-state index in [-0.39, 0.29) is 24.3 Å². The first-order valence-electron chi connectivity index (χ1n) is 8.78. The number of nitrogens with zero attached hydrogens (tertiary/aromatic N) is 1. The largest absolute Gasteiger partial charge is 0.384 e. The molecule has 1 atom stereocenters. The number of carbonyl (C=O) groups excluding carboxylic acids is 4. The van der Waals surface area contributed by atoms with Gasteiger partial charge in [0, 0.05) is 37.3 Å². The Labute approximate surface area is 154 Å². The predicted molar refractivity (Wildman–Crippen MR) is 100 cm³/mol. The van der Waals surface area contributed by atoms with Crippen LogP contribution in [-0.2, 0) is 9.59 Å². The summed E-state index contributed by atoms with van der Waals surface area (Å²) in [5, 5.41) is 5.30. The highest BCUT2D eigenvalue weighted by molar-refractivity contribution is 6.06. The summed E-state index contributed by atoms with van der Waals surface area (Å²) in [5.74, 6) is -0.669. The number of unbranched alkanes of at least 4 members (excludes halogenated alkanes) is 1. The van der Waals surface area contributed by atoms with Crippen LogP contribution in [-0.4, -0.2) is 49.0 Å². The van der Waals surface area contributed by atoms with Crippen LogP contribution in [0.5, 0.6) is 0 Å². The number of nitrogens with one attached hydrogen (secondary N) is 2. The van der Waals surface area contributed by atoms with Crippen molar-refractivity contribution in [2.75, 3.05) is 18.9 Å². The minimum absolute atomic E-state index is 0.133. The van der Waals surface area contributed by atoms with Crippen molar-refractivity contribution < 1.29 is 19.2 Å². The van der Waals surface area contributed by atoms with Gasteiger partial charge in [-0.15, -0.1) is 0 Å². The van der Waals surface area contributed by atoms with E-state index in [0.29, 0.717) is 42.5 Å². The number of imide groups is 1. The van der Waals surface area contributed by atoms with Crippen LogP contribution < -0.4 is 10.6 Å². The summed E-state index contributed by atoms with van der Waals surface area (Å²) >= 11 is 0. The van der Waals surface area contributed by atoms with Crippen LogP contribution in [0.25, 0.3) is 0 Å². The molecule has 7 nitrogen and oxygen atoms in total. The predicted octanol–water partition coefficient (Wildman–Crippen LogP) is 2.22. The fourth-order valence-corrected chi connectivity index (χ4v) is 2.50. The first-order valence-corrected chi connectivity index (χ1v) is 8.78. The molecule has 1 aromatic rings. The molecule has 0 bridgehead atoms. The Morgan fingerprint density at radius 2 is 2.00 bits per heavy atom. The van der Waals surface area contributed by atoms with Crippen molar-refractivity contribution >= 4 is 30.2 Å². The van der Waals surface area contributed by atoms with Crippen molar-refractivity contribution in [2.24, 2.45) is 0 Å². The van der Waals surface area contributed by atoms with Gasteiger partial charge in [0.15, 0.2) is 6.29 Å². The third-order valence-electron chi connectivity index (χ3n) is 4.27. The lowest BCUT2D eigenvalue weighted by atomic mass is 10.0.